The van der Waals surface area contributed by atoms with E-state index in [0.717, 1.165) is 68.5 Å². The zero-order valence-corrected chi connectivity index (χ0v) is 21.6. The minimum atomic E-state index is -1.10. The van der Waals surface area contributed by atoms with Crippen LogP contribution in [0.15, 0.2) is 48.9 Å². The second-order valence-corrected chi connectivity index (χ2v) is 9.99. The molecule has 0 bridgehead atoms. The van der Waals surface area contributed by atoms with Crippen LogP contribution < -0.4 is 4.74 Å². The van der Waals surface area contributed by atoms with Gasteiger partial charge in [-0.05, 0) is 99.3 Å². The van der Waals surface area contributed by atoms with Crippen LogP contribution in [-0.2, 0) is 11.2 Å². The summed E-state index contributed by atoms with van der Waals surface area (Å²) >= 11 is 0. The minimum Gasteiger partial charge on any atom is -0.497 e. The molecule has 1 unspecified atom stereocenters. The second-order valence-electron chi connectivity index (χ2n) is 9.99. The molecular weight excluding hydrogens is 471 g/mol. The molecule has 2 aromatic heterocycles. The normalized spacial score (nSPS) is 19.1. The number of hydrogen-bond donors (Lipinski definition) is 1. The topological polar surface area (TPSA) is 88.4 Å². The summed E-state index contributed by atoms with van der Waals surface area (Å²) in [6.07, 6.45) is 10.0. The molecule has 37 heavy (non-hydrogen) atoms. The highest BCUT2D eigenvalue weighted by Gasteiger charge is 2.30. The molecule has 1 aliphatic heterocycles. The summed E-state index contributed by atoms with van der Waals surface area (Å²) in [5.41, 5.74) is 1.40. The van der Waals surface area contributed by atoms with Gasteiger partial charge in [0, 0.05) is 43.4 Å². The Kier molecular flexibility index (Phi) is 9.77. The van der Waals surface area contributed by atoms with Crippen molar-refractivity contribution < 1.29 is 19.0 Å². The summed E-state index contributed by atoms with van der Waals surface area (Å²) in [6.45, 7) is 2.84. The van der Waals surface area contributed by atoms with Crippen molar-refractivity contribution in [3.63, 3.8) is 0 Å². The van der Waals surface area contributed by atoms with Gasteiger partial charge in [0.1, 0.15) is 17.7 Å². The first-order chi connectivity index (χ1) is 18.0. The molecule has 1 fully saturated rings. The predicted molar refractivity (Wildman–Crippen MR) is 141 cm³/mol. The average Bonchev–Trinajstić information content (AvgIpc) is 2.93. The van der Waals surface area contributed by atoms with Crippen LogP contribution in [0.25, 0.3) is 10.9 Å². The molecule has 0 saturated carbocycles. The molecule has 0 aliphatic carbocycles. The highest BCUT2D eigenvalue weighted by molar-refractivity contribution is 5.83. The Labute approximate surface area is 218 Å². The maximum atomic E-state index is 15.5. The van der Waals surface area contributed by atoms with E-state index >= 15 is 4.39 Å². The SMILES string of the molecule is COc1ccc2nccc(C(F)CC[C@@H]3CCN(CCCCc4ncccn4)C[C@@H]3CCC(=O)O)c2c1. The Hall–Kier alpha value is -3.13. The van der Waals surface area contributed by atoms with Gasteiger partial charge in [-0.3, -0.25) is 9.78 Å². The first kappa shape index (κ1) is 26.9. The number of rotatable bonds is 13. The number of likely N-dealkylation sites (tertiary alicyclic amines) is 1. The third-order valence-corrected chi connectivity index (χ3v) is 7.56. The molecule has 3 heterocycles. The number of nitrogens with zero attached hydrogens (tertiary/aromatic N) is 4. The summed E-state index contributed by atoms with van der Waals surface area (Å²) in [4.78, 5) is 26.7. The highest BCUT2D eigenvalue weighted by atomic mass is 19.1. The van der Waals surface area contributed by atoms with E-state index in [-0.39, 0.29) is 12.3 Å². The number of aliphatic carboxylic acids is 1. The number of carboxylic acid groups (broad SMARTS) is 1. The van der Waals surface area contributed by atoms with Gasteiger partial charge in [0.25, 0.3) is 0 Å². The number of pyridine rings is 1. The van der Waals surface area contributed by atoms with Crippen molar-refractivity contribution in [1.82, 2.24) is 19.9 Å². The second kappa shape index (κ2) is 13.4. The van der Waals surface area contributed by atoms with Crippen molar-refractivity contribution in [2.24, 2.45) is 11.8 Å². The largest absolute Gasteiger partial charge is 0.497 e. The van der Waals surface area contributed by atoms with Gasteiger partial charge in [0.2, 0.25) is 0 Å². The minimum absolute atomic E-state index is 0.161. The number of halogens is 1. The number of alkyl halides is 1. The molecular formula is C29H37FN4O3. The quantitative estimate of drug-likeness (QED) is 0.299. The van der Waals surface area contributed by atoms with Crippen LogP contribution >= 0.6 is 0 Å². The molecule has 1 N–H and O–H groups in total. The predicted octanol–water partition coefficient (Wildman–Crippen LogP) is 5.65. The van der Waals surface area contributed by atoms with E-state index in [1.54, 1.807) is 31.8 Å². The van der Waals surface area contributed by atoms with Crippen LogP contribution in [-0.4, -0.2) is 57.7 Å². The van der Waals surface area contributed by atoms with E-state index in [9.17, 15) is 9.90 Å². The van der Waals surface area contributed by atoms with Gasteiger partial charge in [0.15, 0.2) is 0 Å². The number of unbranched alkanes of at least 4 members (excludes halogenated alkanes) is 1. The third kappa shape index (κ3) is 7.68. The molecule has 3 atom stereocenters. The number of fused-ring (bicyclic) bond motifs is 1. The molecule has 0 radical (unpaired) electrons. The van der Waals surface area contributed by atoms with E-state index < -0.39 is 12.1 Å². The lowest BCUT2D eigenvalue weighted by Crippen LogP contribution is -2.41. The van der Waals surface area contributed by atoms with E-state index in [0.29, 0.717) is 30.1 Å². The zero-order chi connectivity index (χ0) is 26.0. The van der Waals surface area contributed by atoms with Crippen LogP contribution in [0.5, 0.6) is 5.75 Å². The average molecular weight is 509 g/mol. The van der Waals surface area contributed by atoms with Gasteiger partial charge < -0.3 is 14.7 Å². The molecule has 8 heteroatoms. The molecule has 0 amide bonds. The fourth-order valence-corrected chi connectivity index (χ4v) is 5.52. The zero-order valence-electron chi connectivity index (χ0n) is 21.6. The highest BCUT2D eigenvalue weighted by Crippen LogP contribution is 2.36. The summed E-state index contributed by atoms with van der Waals surface area (Å²) in [7, 11) is 1.60. The number of carboxylic acids is 1. The van der Waals surface area contributed by atoms with Gasteiger partial charge in [-0.2, -0.15) is 0 Å². The van der Waals surface area contributed by atoms with E-state index in [2.05, 4.69) is 19.9 Å². The standard InChI is InChI=1S/C29H37FN4O3/c1-37-23-8-10-27-25(19-23)24(12-16-31-27)26(30)9-6-21-13-18-34(20-22(21)7-11-29(35)36)17-3-2-5-28-32-14-4-15-33-28/h4,8,10,12,14-16,19,21-22,26H,2-3,5-7,9,11,13,17-18,20H2,1H3,(H,35,36)/t21-,22+,26?/m1/s1. The number of piperidine rings is 1. The molecule has 1 aliphatic rings. The number of aromatic nitrogens is 3. The molecule has 3 aromatic rings. The lowest BCUT2D eigenvalue weighted by Gasteiger charge is -2.39. The molecule has 1 saturated heterocycles. The van der Waals surface area contributed by atoms with Crippen LogP contribution in [0.1, 0.15) is 62.5 Å². The molecule has 198 valence electrons. The molecule has 4 rings (SSSR count). The molecule has 1 aromatic carbocycles. The van der Waals surface area contributed by atoms with Crippen molar-refractivity contribution in [2.75, 3.05) is 26.7 Å². The van der Waals surface area contributed by atoms with E-state index in [4.69, 9.17) is 4.74 Å². The molecule has 7 nitrogen and oxygen atoms in total. The van der Waals surface area contributed by atoms with E-state index in [1.165, 1.54) is 0 Å². The first-order valence-corrected chi connectivity index (χ1v) is 13.3. The van der Waals surface area contributed by atoms with Crippen LogP contribution in [0.4, 0.5) is 4.39 Å². The first-order valence-electron chi connectivity index (χ1n) is 13.3. The van der Waals surface area contributed by atoms with Crippen molar-refractivity contribution in [2.45, 2.75) is 57.5 Å². The van der Waals surface area contributed by atoms with Crippen molar-refractivity contribution >= 4 is 16.9 Å². The van der Waals surface area contributed by atoms with Crippen molar-refractivity contribution in [1.29, 1.82) is 0 Å². The number of benzene rings is 1. The third-order valence-electron chi connectivity index (χ3n) is 7.56. The van der Waals surface area contributed by atoms with Gasteiger partial charge in [-0.15, -0.1) is 0 Å². The van der Waals surface area contributed by atoms with Crippen molar-refractivity contribution in [3.05, 3.63) is 60.3 Å². The summed E-state index contributed by atoms with van der Waals surface area (Å²) in [5.74, 6) is 1.39. The van der Waals surface area contributed by atoms with Gasteiger partial charge >= 0.3 is 5.97 Å². The summed E-state index contributed by atoms with van der Waals surface area (Å²) < 4.78 is 20.9. The van der Waals surface area contributed by atoms with Gasteiger partial charge in [-0.1, -0.05) is 0 Å². The number of methoxy groups -OCH3 is 1. The Bertz CT molecular complexity index is 1150. The number of aryl methyl sites for hydroxylation is 1. The fourth-order valence-electron chi connectivity index (χ4n) is 5.52. The maximum absolute atomic E-state index is 15.5. The van der Waals surface area contributed by atoms with Crippen LogP contribution in [0.3, 0.4) is 0 Å². The van der Waals surface area contributed by atoms with Gasteiger partial charge in [0.05, 0.1) is 12.6 Å². The smallest absolute Gasteiger partial charge is 0.303 e. The fraction of sp³-hybridized carbons (Fsp3) is 0.517. The molecule has 0 spiro atoms. The number of carbonyl (C=O) groups is 1. The van der Waals surface area contributed by atoms with E-state index in [1.807, 2.05) is 24.3 Å². The number of hydrogen-bond acceptors (Lipinski definition) is 6. The summed E-state index contributed by atoms with van der Waals surface area (Å²) in [6, 6.07) is 9.13. The number of ether oxygens (including phenoxy) is 1. The Morgan fingerprint density at radius 1 is 1.14 bits per heavy atom. The lowest BCUT2D eigenvalue weighted by molar-refractivity contribution is -0.137. The monoisotopic (exact) mass is 508 g/mol. The van der Waals surface area contributed by atoms with Crippen molar-refractivity contribution in [3.8, 4) is 5.75 Å². The van der Waals surface area contributed by atoms with Gasteiger partial charge in [-0.25, -0.2) is 14.4 Å². The summed E-state index contributed by atoms with van der Waals surface area (Å²) in [5, 5.41) is 10.1. The Morgan fingerprint density at radius 3 is 2.76 bits per heavy atom. The van der Waals surface area contributed by atoms with Crippen LogP contribution in [0, 0.1) is 11.8 Å². The Morgan fingerprint density at radius 2 is 1.97 bits per heavy atom. The maximum Gasteiger partial charge on any atom is 0.303 e. The van der Waals surface area contributed by atoms with Crippen LogP contribution in [0.2, 0.25) is 0 Å². The lowest BCUT2D eigenvalue weighted by atomic mass is 9.79. The Balaban J connectivity index is 1.32.